The Morgan fingerprint density at radius 1 is 1.03 bits per heavy atom. The number of benzene rings is 3. The molecule has 4 aromatic rings. The molecule has 6 heteroatoms. The number of ether oxygens (including phenoxy) is 2. The van der Waals surface area contributed by atoms with Crippen LogP contribution in [0.5, 0.6) is 5.75 Å². The van der Waals surface area contributed by atoms with Gasteiger partial charge in [0.15, 0.2) is 0 Å². The molecule has 5 nitrogen and oxygen atoms in total. The molecule has 0 atom stereocenters. The minimum Gasteiger partial charge on any atom is -0.488 e. The van der Waals surface area contributed by atoms with Crippen molar-refractivity contribution in [1.29, 1.82) is 0 Å². The molecule has 0 aliphatic rings. The Labute approximate surface area is 189 Å². The van der Waals surface area contributed by atoms with E-state index in [1.807, 2.05) is 65.2 Å². The van der Waals surface area contributed by atoms with E-state index >= 15 is 0 Å². The molecular weight excluding hydrogens is 456 g/mol. The molecule has 0 bridgehead atoms. The highest BCUT2D eigenvalue weighted by Gasteiger charge is 2.15. The Kier molecular flexibility index (Phi) is 6.48. The van der Waals surface area contributed by atoms with Crippen molar-refractivity contribution < 1.29 is 14.3 Å². The number of rotatable bonds is 7. The molecule has 0 amide bonds. The van der Waals surface area contributed by atoms with Gasteiger partial charge in [-0.3, -0.25) is 4.57 Å². The van der Waals surface area contributed by atoms with Crippen LogP contribution < -0.4 is 4.74 Å². The number of nitrogens with zero attached hydrogens (tertiary/aromatic N) is 2. The van der Waals surface area contributed by atoms with E-state index in [4.69, 9.17) is 9.47 Å². The van der Waals surface area contributed by atoms with Crippen molar-refractivity contribution in [3.05, 3.63) is 101 Å². The van der Waals surface area contributed by atoms with Crippen LogP contribution in [0.25, 0.3) is 16.9 Å². The minimum atomic E-state index is -0.347. The van der Waals surface area contributed by atoms with E-state index < -0.39 is 0 Å². The van der Waals surface area contributed by atoms with Crippen LogP contribution in [0.1, 0.15) is 22.8 Å². The summed E-state index contributed by atoms with van der Waals surface area (Å²) in [5.41, 5.74) is 4.14. The van der Waals surface area contributed by atoms with Crippen LogP contribution >= 0.6 is 15.9 Å². The molecule has 0 unspecified atom stereocenters. The molecular formula is C25H21BrN2O3. The highest BCUT2D eigenvalue weighted by molar-refractivity contribution is 9.10. The van der Waals surface area contributed by atoms with E-state index in [9.17, 15) is 4.79 Å². The normalized spacial score (nSPS) is 10.6. The monoisotopic (exact) mass is 476 g/mol. The average Bonchev–Trinajstić information content (AvgIpc) is 3.29. The van der Waals surface area contributed by atoms with Crippen LogP contribution in [0.4, 0.5) is 0 Å². The molecule has 0 radical (unpaired) electrons. The molecule has 3 aromatic carbocycles. The quantitative estimate of drug-likeness (QED) is 0.304. The maximum Gasteiger partial charge on any atom is 0.338 e. The summed E-state index contributed by atoms with van der Waals surface area (Å²) in [7, 11) is 0. The van der Waals surface area contributed by atoms with Gasteiger partial charge in [-0.15, -0.1) is 0 Å². The van der Waals surface area contributed by atoms with Crippen LogP contribution in [0.15, 0.2) is 89.8 Å². The highest BCUT2D eigenvalue weighted by atomic mass is 79.9. The predicted molar refractivity (Wildman–Crippen MR) is 123 cm³/mol. The second-order valence-electron chi connectivity index (χ2n) is 6.83. The van der Waals surface area contributed by atoms with Gasteiger partial charge in [-0.05, 0) is 48.9 Å². The third-order valence-corrected chi connectivity index (χ3v) is 5.22. The van der Waals surface area contributed by atoms with Gasteiger partial charge in [-0.1, -0.05) is 52.3 Å². The van der Waals surface area contributed by atoms with Gasteiger partial charge >= 0.3 is 5.97 Å². The van der Waals surface area contributed by atoms with E-state index in [0.29, 0.717) is 18.8 Å². The summed E-state index contributed by atoms with van der Waals surface area (Å²) in [6, 6.07) is 23.2. The molecule has 31 heavy (non-hydrogen) atoms. The fourth-order valence-corrected chi connectivity index (χ4v) is 3.62. The Bertz CT molecular complexity index is 1190. The van der Waals surface area contributed by atoms with Crippen molar-refractivity contribution in [1.82, 2.24) is 9.55 Å². The number of carbonyl (C=O) groups is 1. The van der Waals surface area contributed by atoms with Crippen LogP contribution in [0.2, 0.25) is 0 Å². The van der Waals surface area contributed by atoms with Crippen molar-refractivity contribution in [3.8, 4) is 22.7 Å². The van der Waals surface area contributed by atoms with Gasteiger partial charge in [0.25, 0.3) is 0 Å². The number of aromatic nitrogens is 2. The van der Waals surface area contributed by atoms with Gasteiger partial charge in [-0.25, -0.2) is 9.78 Å². The fraction of sp³-hybridized carbons (Fsp3) is 0.120. The third-order valence-electron chi connectivity index (χ3n) is 4.73. The molecule has 4 rings (SSSR count). The minimum absolute atomic E-state index is 0.333. The summed E-state index contributed by atoms with van der Waals surface area (Å²) < 4.78 is 14.1. The summed E-state index contributed by atoms with van der Waals surface area (Å²) in [6.07, 6.45) is 3.51. The van der Waals surface area contributed by atoms with E-state index in [2.05, 4.69) is 20.9 Å². The van der Waals surface area contributed by atoms with Crippen LogP contribution in [-0.2, 0) is 11.3 Å². The molecule has 1 aromatic heterocycles. The van der Waals surface area contributed by atoms with Crippen molar-refractivity contribution in [3.63, 3.8) is 0 Å². The number of hydrogen-bond donors (Lipinski definition) is 0. The van der Waals surface area contributed by atoms with Gasteiger partial charge in [0.2, 0.25) is 0 Å². The Hall–Kier alpha value is -3.38. The van der Waals surface area contributed by atoms with Crippen molar-refractivity contribution in [2.45, 2.75) is 13.5 Å². The average molecular weight is 477 g/mol. The first-order chi connectivity index (χ1) is 15.2. The summed E-state index contributed by atoms with van der Waals surface area (Å²) in [5, 5.41) is 0. The first kappa shape index (κ1) is 20.9. The van der Waals surface area contributed by atoms with E-state index in [-0.39, 0.29) is 5.97 Å². The van der Waals surface area contributed by atoms with Crippen molar-refractivity contribution in [2.75, 3.05) is 6.61 Å². The smallest absolute Gasteiger partial charge is 0.338 e. The standard InChI is InChI=1S/C25H21BrN2O3/c1-2-30-25(29)19-9-6-10-21(13-19)28-17-27-15-23(28)22-14-20(26)11-12-24(22)31-16-18-7-4-3-5-8-18/h3-15,17H,2,16H2,1H3. The first-order valence-corrected chi connectivity index (χ1v) is 10.7. The summed E-state index contributed by atoms with van der Waals surface area (Å²) in [6.45, 7) is 2.58. The lowest BCUT2D eigenvalue weighted by Crippen LogP contribution is -2.06. The molecule has 1 heterocycles. The fourth-order valence-electron chi connectivity index (χ4n) is 3.26. The summed E-state index contributed by atoms with van der Waals surface area (Å²) in [5.74, 6) is 0.399. The predicted octanol–water partition coefficient (Wildman–Crippen LogP) is 6.06. The number of hydrogen-bond acceptors (Lipinski definition) is 4. The van der Waals surface area contributed by atoms with Gasteiger partial charge in [0, 0.05) is 15.7 Å². The third kappa shape index (κ3) is 4.86. The first-order valence-electron chi connectivity index (χ1n) is 9.92. The second kappa shape index (κ2) is 9.62. The molecule has 0 aliphatic carbocycles. The van der Waals surface area contributed by atoms with E-state index in [1.54, 1.807) is 31.6 Å². The molecule has 0 saturated carbocycles. The molecule has 0 N–H and O–H groups in total. The lowest BCUT2D eigenvalue weighted by atomic mass is 10.1. The Morgan fingerprint density at radius 3 is 2.68 bits per heavy atom. The molecule has 156 valence electrons. The zero-order valence-electron chi connectivity index (χ0n) is 17.0. The van der Waals surface area contributed by atoms with E-state index in [1.165, 1.54) is 0 Å². The molecule has 0 spiro atoms. The number of halogens is 1. The van der Waals surface area contributed by atoms with Crippen LogP contribution in [0, 0.1) is 0 Å². The SMILES string of the molecule is CCOC(=O)c1cccc(-n2cncc2-c2cc(Br)ccc2OCc2ccccc2)c1. The van der Waals surface area contributed by atoms with Gasteiger partial charge in [-0.2, -0.15) is 0 Å². The Balaban J connectivity index is 1.69. The van der Waals surface area contributed by atoms with E-state index in [0.717, 1.165) is 32.7 Å². The maximum absolute atomic E-state index is 12.2. The number of esters is 1. The highest BCUT2D eigenvalue weighted by Crippen LogP contribution is 2.34. The summed E-state index contributed by atoms with van der Waals surface area (Å²) >= 11 is 3.56. The van der Waals surface area contributed by atoms with Crippen molar-refractivity contribution >= 4 is 21.9 Å². The number of imidazole rings is 1. The molecule has 0 aliphatic heterocycles. The van der Waals surface area contributed by atoms with Gasteiger partial charge < -0.3 is 9.47 Å². The largest absolute Gasteiger partial charge is 0.488 e. The summed E-state index contributed by atoms with van der Waals surface area (Å²) in [4.78, 5) is 16.5. The molecule has 0 saturated heterocycles. The van der Waals surface area contributed by atoms with Crippen molar-refractivity contribution in [2.24, 2.45) is 0 Å². The zero-order chi connectivity index (χ0) is 21.6. The Morgan fingerprint density at radius 2 is 1.87 bits per heavy atom. The lowest BCUT2D eigenvalue weighted by molar-refractivity contribution is 0.0526. The topological polar surface area (TPSA) is 53.4 Å². The zero-order valence-corrected chi connectivity index (χ0v) is 18.6. The second-order valence-corrected chi connectivity index (χ2v) is 7.75. The van der Waals surface area contributed by atoms with Crippen LogP contribution in [-0.4, -0.2) is 22.1 Å². The lowest BCUT2D eigenvalue weighted by Gasteiger charge is -2.15. The van der Waals surface area contributed by atoms with Gasteiger partial charge in [0.05, 0.1) is 30.4 Å². The van der Waals surface area contributed by atoms with Gasteiger partial charge in [0.1, 0.15) is 12.4 Å². The number of carbonyl (C=O) groups excluding carboxylic acids is 1. The van der Waals surface area contributed by atoms with Crippen LogP contribution in [0.3, 0.4) is 0 Å². The maximum atomic E-state index is 12.2. The molecule has 0 fully saturated rings.